The Labute approximate surface area is 153 Å². The molecule has 26 heavy (non-hydrogen) atoms. The number of esters is 1. The lowest BCUT2D eigenvalue weighted by atomic mass is 9.97. The molecule has 2 aliphatic rings. The summed E-state index contributed by atoms with van der Waals surface area (Å²) in [5.74, 6) is -0.0238. The molecule has 0 atom stereocenters. The Morgan fingerprint density at radius 1 is 1.23 bits per heavy atom. The normalized spacial score (nSPS) is 18.7. The van der Waals surface area contributed by atoms with E-state index in [2.05, 4.69) is 16.3 Å². The number of hydrogen-bond acceptors (Lipinski definition) is 5. The number of carbonyl (C=O) groups is 3. The largest absolute Gasteiger partial charge is 0.466 e. The summed E-state index contributed by atoms with van der Waals surface area (Å²) >= 11 is 0. The van der Waals surface area contributed by atoms with Gasteiger partial charge >= 0.3 is 12.0 Å². The lowest BCUT2D eigenvalue weighted by molar-refractivity contribution is -0.142. The maximum atomic E-state index is 12.0. The molecule has 7 heteroatoms. The van der Waals surface area contributed by atoms with Crippen LogP contribution >= 0.6 is 0 Å². The maximum Gasteiger partial charge on any atom is 0.328 e. The highest BCUT2D eigenvalue weighted by atomic mass is 16.5. The van der Waals surface area contributed by atoms with Gasteiger partial charge in [0.1, 0.15) is 0 Å². The van der Waals surface area contributed by atoms with Crippen LogP contribution < -0.4 is 15.1 Å². The van der Waals surface area contributed by atoms with Crippen LogP contribution in [-0.4, -0.2) is 44.1 Å². The molecular weight excluding hydrogens is 334 g/mol. The number of amides is 3. The molecule has 7 nitrogen and oxygen atoms in total. The van der Waals surface area contributed by atoms with Crippen molar-refractivity contribution in [3.8, 4) is 0 Å². The van der Waals surface area contributed by atoms with Crippen LogP contribution in [0, 0.1) is 12.8 Å². The molecule has 2 heterocycles. The number of hydrogen-bond donors (Lipinski definition) is 1. The van der Waals surface area contributed by atoms with Gasteiger partial charge in [-0.3, -0.25) is 19.8 Å². The first-order valence-corrected chi connectivity index (χ1v) is 9.04. The van der Waals surface area contributed by atoms with Crippen LogP contribution in [0.2, 0.25) is 0 Å². The SMILES string of the molecule is CC(=O)OCC1CCN(c2ccc(N3CCC(=O)NC3=O)c(C)c2)CC1. The van der Waals surface area contributed by atoms with Crippen molar-refractivity contribution in [2.24, 2.45) is 5.92 Å². The Hall–Kier alpha value is -2.57. The minimum Gasteiger partial charge on any atom is -0.466 e. The standard InChI is InChI=1S/C19H25N3O4/c1-13-11-16(21-8-5-15(6-9-21)12-26-14(2)23)3-4-17(13)22-10-7-18(24)20-19(22)25/h3-4,11,15H,5-10,12H2,1-2H3,(H,20,24,25). The van der Waals surface area contributed by atoms with E-state index in [1.807, 2.05) is 19.1 Å². The molecule has 0 saturated carbocycles. The van der Waals surface area contributed by atoms with Crippen molar-refractivity contribution in [2.75, 3.05) is 36.0 Å². The number of rotatable bonds is 4. The molecule has 3 amide bonds. The van der Waals surface area contributed by atoms with E-state index < -0.39 is 0 Å². The van der Waals surface area contributed by atoms with Gasteiger partial charge in [-0.25, -0.2) is 4.79 Å². The maximum absolute atomic E-state index is 12.0. The first kappa shape index (κ1) is 18.2. The molecule has 0 spiro atoms. The van der Waals surface area contributed by atoms with Gasteiger partial charge in [0.15, 0.2) is 0 Å². The lowest BCUT2D eigenvalue weighted by Crippen LogP contribution is -2.49. The number of nitrogens with zero attached hydrogens (tertiary/aromatic N) is 2. The number of benzene rings is 1. The fourth-order valence-corrected chi connectivity index (χ4v) is 3.53. The van der Waals surface area contributed by atoms with Crippen LogP contribution in [0.25, 0.3) is 0 Å². The van der Waals surface area contributed by atoms with Crippen molar-refractivity contribution in [1.82, 2.24) is 5.32 Å². The third kappa shape index (κ3) is 4.15. The summed E-state index contributed by atoms with van der Waals surface area (Å²) in [6.45, 7) is 6.18. The van der Waals surface area contributed by atoms with Gasteiger partial charge in [-0.2, -0.15) is 0 Å². The molecule has 1 aromatic carbocycles. The average Bonchev–Trinajstić information content (AvgIpc) is 2.61. The number of urea groups is 1. The van der Waals surface area contributed by atoms with Crippen molar-refractivity contribution < 1.29 is 19.1 Å². The Bertz CT molecular complexity index is 711. The molecule has 0 radical (unpaired) electrons. The number of anilines is 2. The topological polar surface area (TPSA) is 79.0 Å². The van der Waals surface area contributed by atoms with E-state index in [0.717, 1.165) is 42.9 Å². The van der Waals surface area contributed by atoms with Gasteiger partial charge in [0.25, 0.3) is 0 Å². The van der Waals surface area contributed by atoms with E-state index in [0.29, 0.717) is 25.5 Å². The van der Waals surface area contributed by atoms with E-state index in [9.17, 15) is 14.4 Å². The van der Waals surface area contributed by atoms with E-state index in [-0.39, 0.29) is 17.9 Å². The second kappa shape index (κ2) is 7.76. The van der Waals surface area contributed by atoms with Crippen LogP contribution in [0.4, 0.5) is 16.2 Å². The van der Waals surface area contributed by atoms with E-state index in [1.54, 1.807) is 4.90 Å². The van der Waals surface area contributed by atoms with Crippen LogP contribution in [-0.2, 0) is 14.3 Å². The zero-order valence-corrected chi connectivity index (χ0v) is 15.3. The van der Waals surface area contributed by atoms with Crippen LogP contribution in [0.1, 0.15) is 31.7 Å². The van der Waals surface area contributed by atoms with Gasteiger partial charge in [-0.15, -0.1) is 0 Å². The predicted octanol–water partition coefficient (Wildman–Crippen LogP) is 2.22. The van der Waals surface area contributed by atoms with Crippen molar-refractivity contribution in [3.05, 3.63) is 23.8 Å². The fraction of sp³-hybridized carbons (Fsp3) is 0.526. The molecule has 0 aromatic heterocycles. The average molecular weight is 359 g/mol. The molecule has 1 aromatic rings. The second-order valence-electron chi connectivity index (χ2n) is 6.96. The van der Waals surface area contributed by atoms with Crippen molar-refractivity contribution >= 4 is 29.3 Å². The quantitative estimate of drug-likeness (QED) is 0.834. The molecule has 2 aliphatic heterocycles. The van der Waals surface area contributed by atoms with E-state index >= 15 is 0 Å². The third-order valence-corrected chi connectivity index (χ3v) is 5.03. The summed E-state index contributed by atoms with van der Waals surface area (Å²) in [6, 6.07) is 5.71. The van der Waals surface area contributed by atoms with E-state index in [4.69, 9.17) is 4.74 Å². The first-order valence-electron chi connectivity index (χ1n) is 9.04. The Morgan fingerprint density at radius 3 is 2.58 bits per heavy atom. The van der Waals surface area contributed by atoms with Gasteiger partial charge in [0.05, 0.1) is 6.61 Å². The van der Waals surface area contributed by atoms with Gasteiger partial charge in [0, 0.05) is 44.4 Å². The number of piperidine rings is 1. The highest BCUT2D eigenvalue weighted by molar-refractivity contribution is 6.06. The predicted molar refractivity (Wildman–Crippen MR) is 98.3 cm³/mol. The minimum atomic E-state index is -0.358. The molecule has 2 saturated heterocycles. The summed E-state index contributed by atoms with van der Waals surface area (Å²) in [5.41, 5.74) is 2.98. The molecule has 1 N–H and O–H groups in total. The number of aryl methyl sites for hydroxylation is 1. The summed E-state index contributed by atoms with van der Waals surface area (Å²) in [4.78, 5) is 38.2. The van der Waals surface area contributed by atoms with Crippen molar-refractivity contribution in [1.29, 1.82) is 0 Å². The Balaban J connectivity index is 1.62. The van der Waals surface area contributed by atoms with Crippen molar-refractivity contribution in [2.45, 2.75) is 33.1 Å². The highest BCUT2D eigenvalue weighted by Gasteiger charge is 2.26. The monoisotopic (exact) mass is 359 g/mol. The van der Waals surface area contributed by atoms with Gasteiger partial charge in [-0.05, 0) is 49.4 Å². The number of carbonyl (C=O) groups excluding carboxylic acids is 3. The molecular formula is C19H25N3O4. The summed E-state index contributed by atoms with van der Waals surface area (Å²) in [6.07, 6.45) is 2.30. The molecule has 140 valence electrons. The van der Waals surface area contributed by atoms with Crippen molar-refractivity contribution in [3.63, 3.8) is 0 Å². The molecule has 0 bridgehead atoms. The molecule has 0 aliphatic carbocycles. The van der Waals surface area contributed by atoms with Gasteiger partial charge in [-0.1, -0.05) is 0 Å². The van der Waals surface area contributed by atoms with Crippen LogP contribution in [0.3, 0.4) is 0 Å². The summed E-state index contributed by atoms with van der Waals surface area (Å²) in [7, 11) is 0. The zero-order valence-electron chi connectivity index (χ0n) is 15.3. The lowest BCUT2D eigenvalue weighted by Gasteiger charge is -2.34. The smallest absolute Gasteiger partial charge is 0.328 e. The van der Waals surface area contributed by atoms with E-state index in [1.165, 1.54) is 6.92 Å². The Kier molecular flexibility index (Phi) is 5.44. The van der Waals surface area contributed by atoms with Gasteiger partial charge in [0.2, 0.25) is 5.91 Å². The molecule has 2 fully saturated rings. The molecule has 3 rings (SSSR count). The summed E-state index contributed by atoms with van der Waals surface area (Å²) in [5, 5.41) is 2.36. The summed E-state index contributed by atoms with van der Waals surface area (Å²) < 4.78 is 5.12. The third-order valence-electron chi connectivity index (χ3n) is 5.03. The van der Waals surface area contributed by atoms with Crippen LogP contribution in [0.15, 0.2) is 18.2 Å². The second-order valence-corrected chi connectivity index (χ2v) is 6.96. The number of nitrogens with one attached hydrogen (secondary N) is 1. The first-order chi connectivity index (χ1) is 12.4. The number of imide groups is 1. The minimum absolute atomic E-state index is 0.220. The fourth-order valence-electron chi connectivity index (χ4n) is 3.53. The number of ether oxygens (including phenoxy) is 1. The zero-order chi connectivity index (χ0) is 18.7. The van der Waals surface area contributed by atoms with Crippen LogP contribution in [0.5, 0.6) is 0 Å². The van der Waals surface area contributed by atoms with Gasteiger partial charge < -0.3 is 9.64 Å². The highest BCUT2D eigenvalue weighted by Crippen LogP contribution is 2.29. The Morgan fingerprint density at radius 2 is 1.96 bits per heavy atom. The molecule has 0 unspecified atom stereocenters.